The number of carbonyl (C=O) groups is 1. The van der Waals surface area contributed by atoms with Crippen molar-refractivity contribution in [3.05, 3.63) is 70.9 Å². The van der Waals surface area contributed by atoms with Crippen molar-refractivity contribution in [2.24, 2.45) is 0 Å². The lowest BCUT2D eigenvalue weighted by Crippen LogP contribution is -2.15. The molecule has 0 radical (unpaired) electrons. The number of benzene rings is 2. The first-order chi connectivity index (χ1) is 12.9. The maximum atomic E-state index is 13.3. The Morgan fingerprint density at radius 3 is 2.44 bits per heavy atom. The predicted molar refractivity (Wildman–Crippen MR) is 102 cm³/mol. The lowest BCUT2D eigenvalue weighted by atomic mass is 10.2. The summed E-state index contributed by atoms with van der Waals surface area (Å²) in [5.41, 5.74) is 1.34. The van der Waals surface area contributed by atoms with E-state index in [1.54, 1.807) is 38.3 Å². The molecule has 0 aliphatic rings. The van der Waals surface area contributed by atoms with Crippen LogP contribution in [0.3, 0.4) is 0 Å². The molecule has 1 heterocycles. The Morgan fingerprint density at radius 1 is 1.07 bits per heavy atom. The second-order valence-electron chi connectivity index (χ2n) is 5.62. The first-order valence-electron chi connectivity index (χ1n) is 7.98. The van der Waals surface area contributed by atoms with Gasteiger partial charge in [-0.1, -0.05) is 11.6 Å². The van der Waals surface area contributed by atoms with Crippen molar-refractivity contribution in [3.8, 4) is 5.75 Å². The van der Waals surface area contributed by atoms with Crippen LogP contribution in [-0.2, 0) is 0 Å². The molecule has 0 atom stereocenters. The molecule has 138 valence electrons. The van der Waals surface area contributed by atoms with Crippen LogP contribution in [0.1, 0.15) is 16.3 Å². The number of halogens is 2. The molecule has 1 aromatic heterocycles. The molecule has 0 unspecified atom stereocenters. The fourth-order valence-corrected chi connectivity index (χ4v) is 2.52. The average Bonchev–Trinajstić information content (AvgIpc) is 2.65. The van der Waals surface area contributed by atoms with Gasteiger partial charge in [0.05, 0.1) is 12.1 Å². The zero-order valence-corrected chi connectivity index (χ0v) is 15.3. The van der Waals surface area contributed by atoms with Crippen molar-refractivity contribution in [2.75, 3.05) is 17.7 Å². The number of nitrogens with zero attached hydrogens (tertiary/aromatic N) is 2. The van der Waals surface area contributed by atoms with E-state index in [1.165, 1.54) is 24.3 Å². The molecule has 0 fully saturated rings. The van der Waals surface area contributed by atoms with E-state index in [1.807, 2.05) is 0 Å². The number of hydrogen-bond acceptors (Lipinski definition) is 5. The molecule has 0 saturated heterocycles. The summed E-state index contributed by atoms with van der Waals surface area (Å²) in [5, 5.41) is 5.74. The Labute approximate surface area is 160 Å². The van der Waals surface area contributed by atoms with Crippen molar-refractivity contribution in [1.29, 1.82) is 0 Å². The van der Waals surface area contributed by atoms with Gasteiger partial charge in [0.2, 0.25) is 0 Å². The van der Waals surface area contributed by atoms with Gasteiger partial charge in [-0.25, -0.2) is 14.4 Å². The third-order valence-corrected chi connectivity index (χ3v) is 3.90. The molecule has 8 heteroatoms. The van der Waals surface area contributed by atoms with Crippen molar-refractivity contribution in [1.82, 2.24) is 9.97 Å². The Morgan fingerprint density at radius 2 is 1.78 bits per heavy atom. The summed E-state index contributed by atoms with van der Waals surface area (Å²) < 4.78 is 18.4. The SMILES string of the molecule is COc1ccc(NC(=O)c2cc(Nc3ccc(F)c(Cl)c3)nc(C)n2)cc1. The van der Waals surface area contributed by atoms with Gasteiger partial charge in [-0.2, -0.15) is 0 Å². The molecule has 0 aliphatic carbocycles. The summed E-state index contributed by atoms with van der Waals surface area (Å²) in [4.78, 5) is 20.9. The van der Waals surface area contributed by atoms with Crippen molar-refractivity contribution in [3.63, 3.8) is 0 Å². The third kappa shape index (κ3) is 4.71. The summed E-state index contributed by atoms with van der Waals surface area (Å²) in [5.74, 6) is 0.597. The first kappa shape index (κ1) is 18.6. The Kier molecular flexibility index (Phi) is 5.52. The molecule has 0 saturated carbocycles. The van der Waals surface area contributed by atoms with E-state index in [4.69, 9.17) is 16.3 Å². The number of ether oxygens (including phenoxy) is 1. The summed E-state index contributed by atoms with van der Waals surface area (Å²) in [6, 6.07) is 12.6. The maximum absolute atomic E-state index is 13.3. The topological polar surface area (TPSA) is 76.1 Å². The molecule has 0 bridgehead atoms. The van der Waals surface area contributed by atoms with Crippen LogP contribution in [0, 0.1) is 12.7 Å². The van der Waals surface area contributed by atoms with E-state index in [2.05, 4.69) is 20.6 Å². The Bertz CT molecular complexity index is 980. The van der Waals surface area contributed by atoms with Crippen LogP contribution < -0.4 is 15.4 Å². The third-order valence-electron chi connectivity index (χ3n) is 3.61. The number of hydrogen-bond donors (Lipinski definition) is 2. The minimum Gasteiger partial charge on any atom is -0.497 e. The molecular weight excluding hydrogens is 371 g/mol. The highest BCUT2D eigenvalue weighted by Gasteiger charge is 2.12. The molecule has 0 spiro atoms. The Hall–Kier alpha value is -3.19. The molecule has 2 aromatic carbocycles. The first-order valence-corrected chi connectivity index (χ1v) is 8.35. The second-order valence-corrected chi connectivity index (χ2v) is 6.03. The fourth-order valence-electron chi connectivity index (χ4n) is 2.34. The van der Waals surface area contributed by atoms with Crippen LogP contribution in [0.25, 0.3) is 0 Å². The lowest BCUT2D eigenvalue weighted by molar-refractivity contribution is 0.102. The zero-order valence-electron chi connectivity index (χ0n) is 14.6. The van der Waals surface area contributed by atoms with Crippen LogP contribution in [-0.4, -0.2) is 23.0 Å². The number of nitrogens with one attached hydrogen (secondary N) is 2. The number of carbonyl (C=O) groups excluding carboxylic acids is 1. The van der Waals surface area contributed by atoms with E-state index in [-0.39, 0.29) is 16.6 Å². The van der Waals surface area contributed by atoms with Gasteiger partial charge in [0.15, 0.2) is 0 Å². The van der Waals surface area contributed by atoms with E-state index in [9.17, 15) is 9.18 Å². The standard InChI is InChI=1S/C19H16ClFN4O2/c1-11-22-17(19(26)25-12-3-6-14(27-2)7-4-12)10-18(23-11)24-13-5-8-16(21)15(20)9-13/h3-10H,1-2H3,(H,25,26)(H,22,23,24). The molecule has 1 amide bonds. The monoisotopic (exact) mass is 386 g/mol. The normalized spacial score (nSPS) is 10.4. The molecule has 3 rings (SSSR count). The smallest absolute Gasteiger partial charge is 0.274 e. The molecule has 0 aliphatic heterocycles. The predicted octanol–water partition coefficient (Wildman–Crippen LogP) is 4.58. The summed E-state index contributed by atoms with van der Waals surface area (Å²) >= 11 is 5.78. The number of aromatic nitrogens is 2. The molecule has 27 heavy (non-hydrogen) atoms. The van der Waals surface area contributed by atoms with E-state index < -0.39 is 5.82 Å². The highest BCUT2D eigenvalue weighted by Crippen LogP contribution is 2.22. The largest absolute Gasteiger partial charge is 0.497 e. The number of aryl methyl sites for hydroxylation is 1. The molecule has 3 aromatic rings. The van der Waals surface area contributed by atoms with Crippen LogP contribution >= 0.6 is 11.6 Å². The van der Waals surface area contributed by atoms with Gasteiger partial charge in [0.1, 0.15) is 28.9 Å². The van der Waals surface area contributed by atoms with E-state index in [0.29, 0.717) is 28.8 Å². The van der Waals surface area contributed by atoms with E-state index in [0.717, 1.165) is 0 Å². The minimum absolute atomic E-state index is 0.0109. The van der Waals surface area contributed by atoms with E-state index >= 15 is 0 Å². The fraction of sp³-hybridized carbons (Fsp3) is 0.105. The van der Waals surface area contributed by atoms with Gasteiger partial charge in [0.25, 0.3) is 5.91 Å². The maximum Gasteiger partial charge on any atom is 0.274 e. The van der Waals surface area contributed by atoms with Crippen molar-refractivity contribution >= 4 is 34.7 Å². The number of rotatable bonds is 5. The second kappa shape index (κ2) is 8.01. The van der Waals surface area contributed by atoms with Gasteiger partial charge < -0.3 is 15.4 Å². The number of amides is 1. The number of anilines is 3. The molecule has 2 N–H and O–H groups in total. The highest BCUT2D eigenvalue weighted by atomic mass is 35.5. The van der Waals surface area contributed by atoms with Gasteiger partial charge in [0, 0.05) is 17.4 Å². The van der Waals surface area contributed by atoms with Crippen LogP contribution in [0.4, 0.5) is 21.6 Å². The van der Waals surface area contributed by atoms with Crippen molar-refractivity contribution in [2.45, 2.75) is 6.92 Å². The van der Waals surface area contributed by atoms with Gasteiger partial charge >= 0.3 is 0 Å². The highest BCUT2D eigenvalue weighted by molar-refractivity contribution is 6.31. The summed E-state index contributed by atoms with van der Waals surface area (Å²) in [6.45, 7) is 1.67. The average molecular weight is 387 g/mol. The van der Waals surface area contributed by atoms with Crippen LogP contribution in [0.2, 0.25) is 5.02 Å². The lowest BCUT2D eigenvalue weighted by Gasteiger charge is -2.10. The quantitative estimate of drug-likeness (QED) is 0.671. The Balaban J connectivity index is 1.79. The minimum atomic E-state index is -0.513. The van der Waals surface area contributed by atoms with Gasteiger partial charge in [-0.15, -0.1) is 0 Å². The molecule has 6 nitrogen and oxygen atoms in total. The van der Waals surface area contributed by atoms with Gasteiger partial charge in [-0.05, 0) is 49.4 Å². The van der Waals surface area contributed by atoms with Crippen LogP contribution in [0.5, 0.6) is 5.75 Å². The zero-order chi connectivity index (χ0) is 19.4. The summed E-state index contributed by atoms with van der Waals surface area (Å²) in [7, 11) is 1.57. The molecular formula is C19H16ClFN4O2. The van der Waals surface area contributed by atoms with Crippen molar-refractivity contribution < 1.29 is 13.9 Å². The number of methoxy groups -OCH3 is 1. The van der Waals surface area contributed by atoms with Crippen LogP contribution in [0.15, 0.2) is 48.5 Å². The van der Waals surface area contributed by atoms with Gasteiger partial charge in [-0.3, -0.25) is 4.79 Å². The summed E-state index contributed by atoms with van der Waals surface area (Å²) in [6.07, 6.45) is 0.